The third-order valence-electron chi connectivity index (χ3n) is 8.95. The van der Waals surface area contributed by atoms with Crippen LogP contribution in [0, 0.1) is 49.4 Å². The zero-order valence-electron chi connectivity index (χ0n) is 37.7. The Kier molecular flexibility index (Phi) is 24.1. The molecular weight excluding hydrogens is 1140 g/mol. The third-order valence-corrected chi connectivity index (χ3v) is 15.1. The van der Waals surface area contributed by atoms with Gasteiger partial charge >= 0.3 is 67.9 Å². The minimum Gasteiger partial charge on any atom is -0.869 e. The summed E-state index contributed by atoms with van der Waals surface area (Å²) in [6.07, 6.45) is -14.7. The second kappa shape index (κ2) is 27.8. The first-order valence-electron chi connectivity index (χ1n) is 20.3. The maximum absolute atomic E-state index is 15.2. The SMILES string of the molecule is CC(=O)/C=C(\[O-])C(F)(F)F.CC(=O)/C=C(\[O-])C(F)(F)F.CC(=O)/C=C(\[O-])C(F)(F)F.O=P(c1ccccc1)(c1ccccc1)c1ccccc1Oc1ccccc1P(=O)(c1ccccc1)c1ccccc1.[Eu+3]. The Balaban J connectivity index is 0.000000467. The van der Waals surface area contributed by atoms with Crippen molar-refractivity contribution >= 4 is 63.5 Å². The predicted molar refractivity (Wildman–Crippen MR) is 246 cm³/mol. The van der Waals surface area contributed by atoms with Crippen LogP contribution >= 0.6 is 14.3 Å². The zero-order chi connectivity index (χ0) is 53.2. The molecule has 0 aromatic heterocycles. The molecule has 0 spiro atoms. The molecule has 0 fully saturated rings. The molecule has 6 rings (SSSR count). The third kappa shape index (κ3) is 18.3. The maximum Gasteiger partial charge on any atom is 3.00 e. The molecule has 72 heavy (non-hydrogen) atoms. The number of ether oxygens (including phenoxy) is 1. The van der Waals surface area contributed by atoms with E-state index in [1.54, 1.807) is 0 Å². The van der Waals surface area contributed by atoms with E-state index < -0.39 is 67.4 Å². The van der Waals surface area contributed by atoms with Crippen molar-refractivity contribution in [2.45, 2.75) is 39.3 Å². The van der Waals surface area contributed by atoms with Crippen molar-refractivity contribution < 1.29 is 132 Å². The van der Waals surface area contributed by atoms with Gasteiger partial charge in [0.2, 0.25) is 0 Å². The minimum atomic E-state index is -4.92. The summed E-state index contributed by atoms with van der Waals surface area (Å²) in [6, 6.07) is 53.0. The molecule has 0 saturated carbocycles. The van der Waals surface area contributed by atoms with Crippen LogP contribution in [-0.4, -0.2) is 35.9 Å². The largest absolute Gasteiger partial charge is 3.00 e. The van der Waals surface area contributed by atoms with Crippen LogP contribution in [0.1, 0.15) is 20.8 Å². The Morgan fingerprint density at radius 1 is 0.389 bits per heavy atom. The second-order valence-corrected chi connectivity index (χ2v) is 19.9. The van der Waals surface area contributed by atoms with Crippen LogP contribution in [-0.2, 0) is 23.5 Å². The molecule has 0 aliphatic carbocycles. The number of alkyl halides is 9. The van der Waals surface area contributed by atoms with E-state index in [0.717, 1.165) is 42.0 Å². The summed E-state index contributed by atoms with van der Waals surface area (Å²) < 4.78 is 139. The minimum absolute atomic E-state index is 0. The average molecular weight is 1180 g/mol. The quantitative estimate of drug-likeness (QED) is 0.0543. The first-order valence-corrected chi connectivity index (χ1v) is 23.7. The van der Waals surface area contributed by atoms with Gasteiger partial charge in [0.1, 0.15) is 11.5 Å². The van der Waals surface area contributed by atoms with Crippen molar-refractivity contribution in [3.63, 3.8) is 0 Å². The van der Waals surface area contributed by atoms with Crippen molar-refractivity contribution in [3.8, 4) is 11.5 Å². The number of para-hydroxylation sites is 2. The topological polar surface area (TPSA) is 164 Å². The van der Waals surface area contributed by atoms with E-state index in [0.29, 0.717) is 22.1 Å². The monoisotopic (exact) mass is 1180 g/mol. The number of rotatable bonds is 11. The van der Waals surface area contributed by atoms with Gasteiger partial charge < -0.3 is 29.2 Å². The number of ketones is 3. The van der Waals surface area contributed by atoms with Gasteiger partial charge in [-0.1, -0.05) is 146 Å². The van der Waals surface area contributed by atoms with Gasteiger partial charge in [0, 0.05) is 21.2 Å². The van der Waals surface area contributed by atoms with Gasteiger partial charge in [-0.3, -0.25) is 14.4 Å². The molecule has 0 amide bonds. The number of carbonyl (C=O) groups excluding carboxylic acids is 3. The first kappa shape index (κ1) is 62.3. The second-order valence-electron chi connectivity index (χ2n) is 14.4. The van der Waals surface area contributed by atoms with Crippen LogP contribution in [0.5, 0.6) is 11.5 Å². The Morgan fingerprint density at radius 2 is 0.583 bits per heavy atom. The van der Waals surface area contributed by atoms with Crippen molar-refractivity contribution in [1.82, 2.24) is 0 Å². The molecule has 6 aromatic rings. The summed E-state index contributed by atoms with van der Waals surface area (Å²) in [5.74, 6) is -8.11. The molecule has 9 nitrogen and oxygen atoms in total. The van der Waals surface area contributed by atoms with Crippen LogP contribution in [0.4, 0.5) is 39.5 Å². The van der Waals surface area contributed by atoms with Gasteiger partial charge in [0.15, 0.2) is 31.6 Å². The molecule has 0 aliphatic heterocycles. The Labute approximate surface area is 448 Å². The van der Waals surface area contributed by atoms with Crippen LogP contribution in [0.2, 0.25) is 0 Å². The van der Waals surface area contributed by atoms with E-state index >= 15 is 9.13 Å². The average Bonchev–Trinajstić information content (AvgIpc) is 3.32. The number of allylic oxidation sites excluding steroid dienone is 6. The number of halogens is 9. The molecular formula is C51H40EuF9O9P2. The van der Waals surface area contributed by atoms with Crippen LogP contribution in [0.25, 0.3) is 0 Å². The normalized spacial score (nSPS) is 12.2. The molecule has 0 saturated heterocycles. The van der Waals surface area contributed by atoms with Gasteiger partial charge in [-0.25, -0.2) is 0 Å². The van der Waals surface area contributed by atoms with Gasteiger partial charge in [0.05, 0.1) is 10.6 Å². The van der Waals surface area contributed by atoms with Gasteiger partial charge in [-0.2, -0.15) is 39.5 Å². The number of hydrogen-bond acceptors (Lipinski definition) is 9. The van der Waals surface area contributed by atoms with Crippen LogP contribution in [0.15, 0.2) is 205 Å². The summed E-state index contributed by atoms with van der Waals surface area (Å²) in [5, 5.41) is 33.7. The van der Waals surface area contributed by atoms with Crippen molar-refractivity contribution in [2.24, 2.45) is 0 Å². The van der Waals surface area contributed by atoms with Gasteiger partial charge in [-0.15, -0.1) is 0 Å². The van der Waals surface area contributed by atoms with Crippen molar-refractivity contribution in [3.05, 3.63) is 205 Å². The van der Waals surface area contributed by atoms with Gasteiger partial charge in [-0.05, 0) is 80.5 Å². The fraction of sp³-hybridized carbons (Fsp3) is 0.118. The van der Waals surface area contributed by atoms with E-state index in [-0.39, 0.29) is 67.6 Å². The summed E-state index contributed by atoms with van der Waals surface area (Å²) in [7, 11) is -6.63. The van der Waals surface area contributed by atoms with Crippen molar-refractivity contribution in [1.29, 1.82) is 0 Å². The summed E-state index contributed by atoms with van der Waals surface area (Å²) in [4.78, 5) is 29.8. The van der Waals surface area contributed by atoms with E-state index in [4.69, 9.17) is 4.74 Å². The van der Waals surface area contributed by atoms with E-state index in [9.17, 15) is 69.2 Å². The fourth-order valence-electron chi connectivity index (χ4n) is 5.93. The Hall–Kier alpha value is -5.84. The summed E-state index contributed by atoms with van der Waals surface area (Å²) >= 11 is 0. The zero-order valence-corrected chi connectivity index (χ0v) is 42.0. The Morgan fingerprint density at radius 3 is 0.764 bits per heavy atom. The molecule has 0 atom stereocenters. The number of benzene rings is 6. The smallest absolute Gasteiger partial charge is 0.869 e. The molecule has 0 unspecified atom stereocenters. The summed E-state index contributed by atoms with van der Waals surface area (Å²) in [5.41, 5.74) is 0. The maximum atomic E-state index is 15.2. The molecule has 6 aromatic carbocycles. The molecule has 21 heteroatoms. The van der Waals surface area contributed by atoms with E-state index in [2.05, 4.69) is 0 Å². The predicted octanol–water partition coefficient (Wildman–Crippen LogP) is 7.90. The van der Waals surface area contributed by atoms with E-state index in [1.807, 2.05) is 170 Å². The number of hydrogen-bond donors (Lipinski definition) is 0. The molecule has 378 valence electrons. The molecule has 0 heterocycles. The van der Waals surface area contributed by atoms with Crippen LogP contribution < -0.4 is 51.9 Å². The molecule has 0 aliphatic rings. The van der Waals surface area contributed by atoms with E-state index in [1.165, 1.54) is 0 Å². The van der Waals surface area contributed by atoms with Gasteiger partial charge in [0.25, 0.3) is 0 Å². The Bertz CT molecular complexity index is 2610. The van der Waals surface area contributed by atoms with Crippen LogP contribution in [0.3, 0.4) is 0 Å². The standard InChI is InChI=1S/C36H28O3P2.3C5H5F3O2.Eu/c37-40(29-17-5-1-6-18-29,30-19-7-2-8-20-30)35-27-15-13-25-33(35)39-34-26-14-16-28-36(34)41(38,31-21-9-3-10-22-31)32-23-11-4-12-24-32;3*1-3(9)2-4(10)5(6,7)8;/h1-28H;3*2,10H,1H3;/q;;;;+3/p-3/b;3*4-2-;. The summed E-state index contributed by atoms with van der Waals surface area (Å²) in [6.45, 7) is 2.64. The van der Waals surface area contributed by atoms with Crippen molar-refractivity contribution in [2.75, 3.05) is 0 Å². The first-order chi connectivity index (χ1) is 33.1. The number of carbonyl (C=O) groups is 3. The fourth-order valence-corrected chi connectivity index (χ4v) is 11.5. The molecule has 0 N–H and O–H groups in total. The molecule has 0 radical (unpaired) electrons. The molecule has 0 bridgehead atoms.